The first-order chi connectivity index (χ1) is 7.54. The molecule has 1 unspecified atom stereocenters. The number of anilines is 1. The van der Waals surface area contributed by atoms with Gasteiger partial charge in [0.2, 0.25) is 0 Å². The summed E-state index contributed by atoms with van der Waals surface area (Å²) in [4.78, 5) is 2.49. The second-order valence-electron chi connectivity index (χ2n) is 4.79. The Labute approximate surface area is 112 Å². The summed E-state index contributed by atoms with van der Waals surface area (Å²) in [6.07, 6.45) is 0. The molecule has 0 saturated carbocycles. The van der Waals surface area contributed by atoms with E-state index in [0.717, 1.165) is 18.8 Å². The third-order valence-electron chi connectivity index (χ3n) is 3.28. The van der Waals surface area contributed by atoms with Crippen LogP contribution in [-0.4, -0.2) is 17.5 Å². The molecule has 0 aliphatic heterocycles. The second-order valence-corrected chi connectivity index (χ2v) is 4.79. The van der Waals surface area contributed by atoms with Crippen molar-refractivity contribution >= 4 is 18.1 Å². The fourth-order valence-corrected chi connectivity index (χ4v) is 1.89. The number of nitrogen functional groups attached to an aromatic ring is 1. The Kier molecular flexibility index (Phi) is 7.24. The van der Waals surface area contributed by atoms with Gasteiger partial charge in [0, 0.05) is 18.3 Å². The molecular formula is C14H25ClN2. The van der Waals surface area contributed by atoms with E-state index in [9.17, 15) is 0 Å². The lowest BCUT2D eigenvalue weighted by molar-refractivity contribution is 0.169. The van der Waals surface area contributed by atoms with Gasteiger partial charge in [0.1, 0.15) is 0 Å². The van der Waals surface area contributed by atoms with E-state index in [1.54, 1.807) is 0 Å². The minimum atomic E-state index is 0. The molecule has 2 nitrogen and oxygen atoms in total. The van der Waals surface area contributed by atoms with Gasteiger partial charge in [-0.15, -0.1) is 12.4 Å². The molecule has 0 amide bonds. The van der Waals surface area contributed by atoms with Crippen LogP contribution in [0, 0.1) is 5.92 Å². The average Bonchev–Trinajstić information content (AvgIpc) is 2.25. The van der Waals surface area contributed by atoms with Crippen molar-refractivity contribution in [3.63, 3.8) is 0 Å². The summed E-state index contributed by atoms with van der Waals surface area (Å²) in [7, 11) is 0. The number of hydrogen-bond donors (Lipinski definition) is 1. The number of halogens is 1. The maximum absolute atomic E-state index is 5.79. The summed E-state index contributed by atoms with van der Waals surface area (Å²) >= 11 is 0. The predicted molar refractivity (Wildman–Crippen MR) is 78.5 cm³/mol. The fourth-order valence-electron chi connectivity index (χ4n) is 1.89. The zero-order chi connectivity index (χ0) is 12.1. The van der Waals surface area contributed by atoms with Crippen LogP contribution in [0.1, 0.15) is 33.3 Å². The van der Waals surface area contributed by atoms with Crippen molar-refractivity contribution in [3.8, 4) is 0 Å². The minimum Gasteiger partial charge on any atom is -0.399 e. The van der Waals surface area contributed by atoms with Crippen LogP contribution in [0.25, 0.3) is 0 Å². The van der Waals surface area contributed by atoms with Gasteiger partial charge in [-0.05, 0) is 37.1 Å². The molecule has 0 aliphatic carbocycles. The Morgan fingerprint density at radius 2 is 1.88 bits per heavy atom. The molecule has 1 aromatic rings. The van der Waals surface area contributed by atoms with Crippen molar-refractivity contribution in [1.82, 2.24) is 4.90 Å². The molecule has 17 heavy (non-hydrogen) atoms. The molecule has 0 aliphatic rings. The molecule has 1 aromatic carbocycles. The van der Waals surface area contributed by atoms with Crippen molar-refractivity contribution in [2.75, 3.05) is 12.3 Å². The topological polar surface area (TPSA) is 29.3 Å². The van der Waals surface area contributed by atoms with E-state index < -0.39 is 0 Å². The lowest BCUT2D eigenvalue weighted by Gasteiger charge is -2.30. The number of hydrogen-bond acceptors (Lipinski definition) is 2. The van der Waals surface area contributed by atoms with Crippen molar-refractivity contribution < 1.29 is 0 Å². The third kappa shape index (κ3) is 4.97. The van der Waals surface area contributed by atoms with Gasteiger partial charge in [-0.25, -0.2) is 0 Å². The zero-order valence-corrected chi connectivity index (χ0v) is 12.1. The molecule has 0 saturated heterocycles. The molecule has 2 N–H and O–H groups in total. The van der Waals surface area contributed by atoms with Crippen molar-refractivity contribution in [2.24, 2.45) is 5.92 Å². The Morgan fingerprint density at radius 1 is 1.24 bits per heavy atom. The molecule has 0 bridgehead atoms. The Hall–Kier alpha value is -0.730. The molecule has 0 radical (unpaired) electrons. The van der Waals surface area contributed by atoms with Crippen molar-refractivity contribution in [2.45, 2.75) is 40.3 Å². The highest BCUT2D eigenvalue weighted by atomic mass is 35.5. The minimum absolute atomic E-state index is 0. The smallest absolute Gasteiger partial charge is 0.0317 e. The third-order valence-corrected chi connectivity index (χ3v) is 3.28. The predicted octanol–water partition coefficient (Wildman–Crippen LogP) is 3.56. The lowest BCUT2D eigenvalue weighted by atomic mass is 10.0. The number of rotatable bonds is 5. The van der Waals surface area contributed by atoms with Crippen LogP contribution in [0.15, 0.2) is 24.3 Å². The Bertz CT molecular complexity index is 326. The van der Waals surface area contributed by atoms with E-state index in [4.69, 9.17) is 5.73 Å². The largest absolute Gasteiger partial charge is 0.399 e. The summed E-state index contributed by atoms with van der Waals surface area (Å²) in [5.74, 6) is 0.681. The average molecular weight is 257 g/mol. The van der Waals surface area contributed by atoms with Crippen LogP contribution in [-0.2, 0) is 6.54 Å². The van der Waals surface area contributed by atoms with E-state index in [2.05, 4.69) is 44.7 Å². The van der Waals surface area contributed by atoms with Gasteiger partial charge in [0.05, 0.1) is 0 Å². The highest BCUT2D eigenvalue weighted by molar-refractivity contribution is 5.85. The van der Waals surface area contributed by atoms with E-state index in [0.29, 0.717) is 12.0 Å². The quantitative estimate of drug-likeness (QED) is 0.817. The van der Waals surface area contributed by atoms with Crippen LogP contribution in [0.2, 0.25) is 0 Å². The first-order valence-electron chi connectivity index (χ1n) is 6.13. The molecule has 1 atom stereocenters. The molecule has 1 rings (SSSR count). The number of nitrogens with two attached hydrogens (primary N) is 1. The number of benzene rings is 1. The van der Waals surface area contributed by atoms with Crippen LogP contribution < -0.4 is 5.73 Å². The molecule has 0 heterocycles. The van der Waals surface area contributed by atoms with Crippen LogP contribution in [0.5, 0.6) is 0 Å². The van der Waals surface area contributed by atoms with E-state index >= 15 is 0 Å². The normalized spacial score (nSPS) is 12.6. The molecular weight excluding hydrogens is 232 g/mol. The van der Waals surface area contributed by atoms with Crippen molar-refractivity contribution in [1.29, 1.82) is 0 Å². The van der Waals surface area contributed by atoms with E-state index in [1.165, 1.54) is 5.56 Å². The van der Waals surface area contributed by atoms with Crippen LogP contribution in [0.3, 0.4) is 0 Å². The van der Waals surface area contributed by atoms with Gasteiger partial charge < -0.3 is 5.73 Å². The first kappa shape index (κ1) is 16.3. The Balaban J connectivity index is 0.00000256. The van der Waals surface area contributed by atoms with Crippen molar-refractivity contribution in [3.05, 3.63) is 29.8 Å². The highest BCUT2D eigenvalue weighted by Gasteiger charge is 2.15. The lowest BCUT2D eigenvalue weighted by Crippen LogP contribution is -2.36. The summed E-state index contributed by atoms with van der Waals surface area (Å²) < 4.78 is 0. The standard InChI is InChI=1S/C14H24N2.ClH/c1-5-16(12(4)11(2)3)10-13-7-6-8-14(15)9-13;/h6-9,11-12H,5,10,15H2,1-4H3;1H. The maximum Gasteiger partial charge on any atom is 0.0317 e. The van der Waals surface area contributed by atoms with Crippen LogP contribution >= 0.6 is 12.4 Å². The first-order valence-corrected chi connectivity index (χ1v) is 6.13. The maximum atomic E-state index is 5.79. The SMILES string of the molecule is CCN(Cc1cccc(N)c1)C(C)C(C)C.Cl. The summed E-state index contributed by atoms with van der Waals surface area (Å²) in [5, 5.41) is 0. The molecule has 0 spiro atoms. The van der Waals surface area contributed by atoms with Crippen LogP contribution in [0.4, 0.5) is 5.69 Å². The van der Waals surface area contributed by atoms with Gasteiger partial charge in [-0.3, -0.25) is 4.90 Å². The Morgan fingerprint density at radius 3 is 2.35 bits per heavy atom. The highest BCUT2D eigenvalue weighted by Crippen LogP contribution is 2.15. The molecule has 0 fully saturated rings. The van der Waals surface area contributed by atoms with Gasteiger partial charge in [-0.2, -0.15) is 0 Å². The zero-order valence-electron chi connectivity index (χ0n) is 11.3. The van der Waals surface area contributed by atoms with E-state index in [-0.39, 0.29) is 12.4 Å². The molecule has 98 valence electrons. The molecule has 0 aromatic heterocycles. The van der Waals surface area contributed by atoms with Gasteiger partial charge in [0.15, 0.2) is 0 Å². The van der Waals surface area contributed by atoms with Gasteiger partial charge in [0.25, 0.3) is 0 Å². The monoisotopic (exact) mass is 256 g/mol. The fraction of sp³-hybridized carbons (Fsp3) is 0.571. The van der Waals surface area contributed by atoms with E-state index in [1.807, 2.05) is 12.1 Å². The number of nitrogens with zero attached hydrogens (tertiary/aromatic N) is 1. The molecule has 3 heteroatoms. The summed E-state index contributed by atoms with van der Waals surface area (Å²) in [6, 6.07) is 8.78. The summed E-state index contributed by atoms with van der Waals surface area (Å²) in [5.41, 5.74) is 7.95. The second kappa shape index (κ2) is 7.57. The summed E-state index contributed by atoms with van der Waals surface area (Å²) in [6.45, 7) is 11.1. The van der Waals surface area contributed by atoms with Gasteiger partial charge in [-0.1, -0.05) is 32.9 Å². The van der Waals surface area contributed by atoms with Gasteiger partial charge >= 0.3 is 0 Å².